The van der Waals surface area contributed by atoms with Gasteiger partial charge in [0.05, 0.1) is 7.11 Å². The summed E-state index contributed by atoms with van der Waals surface area (Å²) in [6.45, 7) is 4.43. The first-order valence-electron chi connectivity index (χ1n) is 6.26. The number of hydrogen-bond donors (Lipinski definition) is 1. The highest BCUT2D eigenvalue weighted by Gasteiger charge is 2.13. The van der Waals surface area contributed by atoms with E-state index < -0.39 is 6.09 Å². The van der Waals surface area contributed by atoms with Gasteiger partial charge in [0, 0.05) is 20.0 Å². The van der Waals surface area contributed by atoms with Crippen LogP contribution in [-0.2, 0) is 14.4 Å². The van der Waals surface area contributed by atoms with E-state index in [0.717, 1.165) is 17.9 Å². The standard InChI is InChI=1S/C12H24N2O4/c1-5-6-9-13-12(16)18-10(2)7-8-11(15)14(3)17-4/h10H,5-9H2,1-4H3,(H,13,16). The average molecular weight is 260 g/mol. The van der Waals surface area contributed by atoms with Gasteiger partial charge in [0.1, 0.15) is 6.10 Å². The third-order valence-corrected chi connectivity index (χ3v) is 2.50. The highest BCUT2D eigenvalue weighted by atomic mass is 16.7. The summed E-state index contributed by atoms with van der Waals surface area (Å²) in [6.07, 6.45) is 2.00. The van der Waals surface area contributed by atoms with Crippen LogP contribution in [0.5, 0.6) is 0 Å². The number of rotatable bonds is 8. The van der Waals surface area contributed by atoms with Crippen molar-refractivity contribution in [3.8, 4) is 0 Å². The molecule has 6 nitrogen and oxygen atoms in total. The Morgan fingerprint density at radius 2 is 2.06 bits per heavy atom. The lowest BCUT2D eigenvalue weighted by atomic mass is 10.2. The second-order valence-electron chi connectivity index (χ2n) is 4.11. The number of hydrogen-bond acceptors (Lipinski definition) is 4. The molecule has 0 fully saturated rings. The molecule has 18 heavy (non-hydrogen) atoms. The van der Waals surface area contributed by atoms with Gasteiger partial charge in [-0.15, -0.1) is 0 Å². The molecule has 0 aliphatic rings. The summed E-state index contributed by atoms with van der Waals surface area (Å²) in [5.41, 5.74) is 0. The molecule has 0 aliphatic heterocycles. The first-order valence-corrected chi connectivity index (χ1v) is 6.26. The van der Waals surface area contributed by atoms with Crippen LogP contribution in [0.1, 0.15) is 39.5 Å². The summed E-state index contributed by atoms with van der Waals surface area (Å²) >= 11 is 0. The first kappa shape index (κ1) is 16.7. The van der Waals surface area contributed by atoms with Crippen LogP contribution in [0.15, 0.2) is 0 Å². The Kier molecular flexibility index (Phi) is 9.00. The highest BCUT2D eigenvalue weighted by Crippen LogP contribution is 2.04. The molecule has 0 saturated carbocycles. The largest absolute Gasteiger partial charge is 0.447 e. The van der Waals surface area contributed by atoms with Crippen molar-refractivity contribution in [2.24, 2.45) is 0 Å². The normalized spacial score (nSPS) is 11.8. The van der Waals surface area contributed by atoms with Gasteiger partial charge >= 0.3 is 6.09 Å². The van der Waals surface area contributed by atoms with Crippen molar-refractivity contribution < 1.29 is 19.2 Å². The van der Waals surface area contributed by atoms with Gasteiger partial charge < -0.3 is 10.1 Å². The van der Waals surface area contributed by atoms with Crippen molar-refractivity contribution in [1.29, 1.82) is 0 Å². The Morgan fingerprint density at radius 1 is 1.39 bits per heavy atom. The van der Waals surface area contributed by atoms with Gasteiger partial charge in [0.25, 0.3) is 0 Å². The predicted molar refractivity (Wildman–Crippen MR) is 67.9 cm³/mol. The van der Waals surface area contributed by atoms with Crippen molar-refractivity contribution in [2.75, 3.05) is 20.7 Å². The number of ether oxygens (including phenoxy) is 1. The molecule has 0 rings (SSSR count). The van der Waals surface area contributed by atoms with E-state index in [-0.39, 0.29) is 18.4 Å². The lowest BCUT2D eigenvalue weighted by Gasteiger charge is -2.16. The molecule has 2 amide bonds. The van der Waals surface area contributed by atoms with Gasteiger partial charge in [0.15, 0.2) is 0 Å². The molecular weight excluding hydrogens is 236 g/mol. The molecular formula is C12H24N2O4. The van der Waals surface area contributed by atoms with E-state index in [2.05, 4.69) is 5.32 Å². The fraction of sp³-hybridized carbons (Fsp3) is 0.833. The zero-order chi connectivity index (χ0) is 14.0. The molecule has 0 aromatic rings. The van der Waals surface area contributed by atoms with E-state index in [9.17, 15) is 9.59 Å². The number of amides is 2. The fourth-order valence-electron chi connectivity index (χ4n) is 1.24. The molecule has 0 radical (unpaired) electrons. The van der Waals surface area contributed by atoms with Crippen molar-refractivity contribution >= 4 is 12.0 Å². The lowest BCUT2D eigenvalue weighted by molar-refractivity contribution is -0.169. The molecule has 1 atom stereocenters. The van der Waals surface area contributed by atoms with Crippen molar-refractivity contribution in [3.63, 3.8) is 0 Å². The van der Waals surface area contributed by atoms with Crippen LogP contribution in [0.3, 0.4) is 0 Å². The summed E-state index contributed by atoms with van der Waals surface area (Å²) in [5.74, 6) is -0.139. The van der Waals surface area contributed by atoms with Crippen molar-refractivity contribution in [2.45, 2.75) is 45.6 Å². The topological polar surface area (TPSA) is 67.9 Å². The molecule has 106 valence electrons. The highest BCUT2D eigenvalue weighted by molar-refractivity contribution is 5.74. The molecule has 0 aliphatic carbocycles. The smallest absolute Gasteiger partial charge is 0.407 e. The Bertz CT molecular complexity index is 258. The minimum absolute atomic E-state index is 0.139. The molecule has 0 aromatic carbocycles. The lowest BCUT2D eigenvalue weighted by Crippen LogP contribution is -2.30. The van der Waals surface area contributed by atoms with E-state index in [1.807, 2.05) is 6.92 Å². The van der Waals surface area contributed by atoms with Crippen LogP contribution < -0.4 is 5.32 Å². The Morgan fingerprint density at radius 3 is 2.61 bits per heavy atom. The van der Waals surface area contributed by atoms with Crippen LogP contribution in [-0.4, -0.2) is 43.9 Å². The predicted octanol–water partition coefficient (Wildman–Crippen LogP) is 1.70. The minimum atomic E-state index is -0.427. The van der Waals surface area contributed by atoms with Gasteiger partial charge in [-0.2, -0.15) is 0 Å². The molecule has 0 heterocycles. The monoisotopic (exact) mass is 260 g/mol. The molecule has 0 aromatic heterocycles. The maximum absolute atomic E-state index is 11.4. The summed E-state index contributed by atoms with van der Waals surface area (Å²) in [7, 11) is 2.98. The van der Waals surface area contributed by atoms with Gasteiger partial charge in [-0.1, -0.05) is 13.3 Å². The molecule has 6 heteroatoms. The quantitative estimate of drug-likeness (QED) is 0.533. The molecule has 0 spiro atoms. The third kappa shape index (κ3) is 7.89. The molecule has 0 saturated heterocycles. The summed E-state index contributed by atoms with van der Waals surface area (Å²) in [5, 5.41) is 3.82. The van der Waals surface area contributed by atoms with Gasteiger partial charge in [0.2, 0.25) is 5.91 Å². The molecule has 0 bridgehead atoms. The zero-order valence-electron chi connectivity index (χ0n) is 11.7. The summed E-state index contributed by atoms with van der Waals surface area (Å²) in [4.78, 5) is 27.5. The third-order valence-electron chi connectivity index (χ3n) is 2.50. The van der Waals surface area contributed by atoms with Gasteiger partial charge in [-0.3, -0.25) is 9.63 Å². The van der Waals surface area contributed by atoms with Crippen LogP contribution in [0.4, 0.5) is 4.79 Å². The second kappa shape index (κ2) is 9.70. The number of carbonyl (C=O) groups excluding carboxylic acids is 2. The maximum Gasteiger partial charge on any atom is 0.407 e. The van der Waals surface area contributed by atoms with Crippen LogP contribution in [0.25, 0.3) is 0 Å². The number of nitrogens with zero attached hydrogens (tertiary/aromatic N) is 1. The van der Waals surface area contributed by atoms with Crippen LogP contribution in [0.2, 0.25) is 0 Å². The number of nitrogens with one attached hydrogen (secondary N) is 1. The van der Waals surface area contributed by atoms with E-state index >= 15 is 0 Å². The zero-order valence-corrected chi connectivity index (χ0v) is 11.7. The van der Waals surface area contributed by atoms with E-state index in [4.69, 9.17) is 9.57 Å². The Hall–Kier alpha value is -1.30. The van der Waals surface area contributed by atoms with Crippen molar-refractivity contribution in [3.05, 3.63) is 0 Å². The SMILES string of the molecule is CCCCNC(=O)OC(C)CCC(=O)N(C)OC. The first-order chi connectivity index (χ1) is 8.51. The number of carbonyl (C=O) groups is 2. The Balaban J connectivity index is 3.73. The second-order valence-corrected chi connectivity index (χ2v) is 4.11. The van der Waals surface area contributed by atoms with Gasteiger partial charge in [-0.05, 0) is 19.8 Å². The average Bonchev–Trinajstić information content (AvgIpc) is 2.35. The van der Waals surface area contributed by atoms with E-state index in [0.29, 0.717) is 13.0 Å². The number of unbranched alkanes of at least 4 members (excludes halogenated alkanes) is 1. The summed E-state index contributed by atoms with van der Waals surface area (Å²) < 4.78 is 5.10. The number of hydroxylamine groups is 2. The molecule has 1 N–H and O–H groups in total. The van der Waals surface area contributed by atoms with E-state index in [1.165, 1.54) is 7.11 Å². The van der Waals surface area contributed by atoms with E-state index in [1.54, 1.807) is 14.0 Å². The van der Waals surface area contributed by atoms with Crippen LogP contribution >= 0.6 is 0 Å². The molecule has 1 unspecified atom stereocenters. The Labute approximate surface area is 109 Å². The minimum Gasteiger partial charge on any atom is -0.447 e. The maximum atomic E-state index is 11.4. The van der Waals surface area contributed by atoms with Crippen LogP contribution in [0, 0.1) is 0 Å². The number of alkyl carbamates (subject to hydrolysis) is 1. The van der Waals surface area contributed by atoms with Gasteiger partial charge in [-0.25, -0.2) is 9.86 Å². The fourth-order valence-corrected chi connectivity index (χ4v) is 1.24. The van der Waals surface area contributed by atoms with Crippen molar-refractivity contribution in [1.82, 2.24) is 10.4 Å². The summed E-state index contributed by atoms with van der Waals surface area (Å²) in [6, 6.07) is 0.